The Morgan fingerprint density at radius 3 is 2.88 bits per heavy atom. The molecule has 1 heterocycles. The molecule has 1 N–H and O–H groups in total. The second-order valence-electron chi connectivity index (χ2n) is 3.78. The molecular weight excluding hydrogens is 300 g/mol. The van der Waals surface area contributed by atoms with E-state index >= 15 is 0 Å². The minimum atomic E-state index is 0.690. The molecule has 0 spiro atoms. The number of benzene rings is 1. The second-order valence-corrected chi connectivity index (χ2v) is 5.10. The normalized spacial score (nSPS) is 10.3. The molecule has 0 saturated carbocycles. The first-order valence-corrected chi connectivity index (χ1v) is 6.42. The van der Waals surface area contributed by atoms with Crippen LogP contribution in [0.1, 0.15) is 11.1 Å². The summed E-state index contributed by atoms with van der Waals surface area (Å²) in [7, 11) is 0. The van der Waals surface area contributed by atoms with E-state index < -0.39 is 0 Å². The lowest BCUT2D eigenvalue weighted by atomic mass is 10.2. The van der Waals surface area contributed by atoms with Crippen LogP contribution in [0.3, 0.4) is 0 Å². The maximum absolute atomic E-state index is 6.05. The number of aryl methyl sites for hydroxylation is 1. The minimum Gasteiger partial charge on any atom is -0.381 e. The van der Waals surface area contributed by atoms with Gasteiger partial charge in [-0.2, -0.15) is 0 Å². The van der Waals surface area contributed by atoms with Gasteiger partial charge in [-0.3, -0.25) is 4.98 Å². The number of anilines is 1. The zero-order valence-corrected chi connectivity index (χ0v) is 11.7. The molecule has 0 saturated heterocycles. The number of pyridine rings is 1. The monoisotopic (exact) mass is 310 g/mol. The molecule has 88 valence electrons. The van der Waals surface area contributed by atoms with Crippen molar-refractivity contribution in [3.63, 3.8) is 0 Å². The van der Waals surface area contributed by atoms with E-state index in [0.29, 0.717) is 11.6 Å². The van der Waals surface area contributed by atoms with E-state index in [9.17, 15) is 0 Å². The summed E-state index contributed by atoms with van der Waals surface area (Å²) >= 11 is 9.49. The summed E-state index contributed by atoms with van der Waals surface area (Å²) in [5.41, 5.74) is 3.36. The fourth-order valence-electron chi connectivity index (χ4n) is 1.56. The Morgan fingerprint density at radius 1 is 1.35 bits per heavy atom. The van der Waals surface area contributed by atoms with Crippen LogP contribution < -0.4 is 5.32 Å². The van der Waals surface area contributed by atoms with E-state index in [4.69, 9.17) is 11.6 Å². The van der Waals surface area contributed by atoms with Crippen LogP contribution in [-0.4, -0.2) is 4.98 Å². The van der Waals surface area contributed by atoms with Gasteiger partial charge in [-0.1, -0.05) is 27.5 Å². The SMILES string of the molecule is Cc1cc(Br)ccc1NCc1ccncc1Cl. The van der Waals surface area contributed by atoms with E-state index in [1.54, 1.807) is 12.4 Å². The first kappa shape index (κ1) is 12.4. The molecule has 0 aliphatic heterocycles. The summed E-state index contributed by atoms with van der Waals surface area (Å²) in [5, 5.41) is 4.05. The van der Waals surface area contributed by atoms with Crippen molar-refractivity contribution in [1.82, 2.24) is 4.98 Å². The van der Waals surface area contributed by atoms with Crippen molar-refractivity contribution in [2.24, 2.45) is 0 Å². The lowest BCUT2D eigenvalue weighted by Gasteiger charge is -2.10. The first-order valence-electron chi connectivity index (χ1n) is 5.25. The minimum absolute atomic E-state index is 0.690. The van der Waals surface area contributed by atoms with Crippen LogP contribution >= 0.6 is 27.5 Å². The van der Waals surface area contributed by atoms with Gasteiger partial charge in [0.15, 0.2) is 0 Å². The topological polar surface area (TPSA) is 24.9 Å². The molecule has 1 aromatic heterocycles. The zero-order valence-electron chi connectivity index (χ0n) is 9.37. The Bertz CT molecular complexity index is 529. The van der Waals surface area contributed by atoms with Gasteiger partial charge >= 0.3 is 0 Å². The maximum Gasteiger partial charge on any atom is 0.0639 e. The number of halogens is 2. The second kappa shape index (κ2) is 5.52. The molecule has 0 radical (unpaired) electrons. The molecule has 17 heavy (non-hydrogen) atoms. The van der Waals surface area contributed by atoms with Gasteiger partial charge in [0.2, 0.25) is 0 Å². The van der Waals surface area contributed by atoms with Crippen LogP contribution in [0.15, 0.2) is 41.1 Å². The predicted octanol–water partition coefficient (Wildman–Crippen LogP) is 4.42. The molecule has 0 aliphatic carbocycles. The Hall–Kier alpha value is -1.06. The van der Waals surface area contributed by atoms with E-state index in [-0.39, 0.29) is 0 Å². The third kappa shape index (κ3) is 3.20. The Kier molecular flexibility index (Phi) is 4.02. The van der Waals surface area contributed by atoms with Gasteiger partial charge in [-0.05, 0) is 42.3 Å². The van der Waals surface area contributed by atoms with Crippen LogP contribution in [-0.2, 0) is 6.54 Å². The van der Waals surface area contributed by atoms with Crippen molar-refractivity contribution in [1.29, 1.82) is 0 Å². The Balaban J connectivity index is 2.10. The summed E-state index contributed by atoms with van der Waals surface area (Å²) in [6, 6.07) is 8.07. The summed E-state index contributed by atoms with van der Waals surface area (Å²) in [6.45, 7) is 2.77. The van der Waals surface area contributed by atoms with Crippen LogP contribution in [0, 0.1) is 6.92 Å². The lowest BCUT2D eigenvalue weighted by molar-refractivity contribution is 1.12. The molecule has 0 unspecified atom stereocenters. The van der Waals surface area contributed by atoms with E-state index in [2.05, 4.69) is 45.3 Å². The summed E-state index contributed by atoms with van der Waals surface area (Å²) < 4.78 is 1.09. The van der Waals surface area contributed by atoms with Crippen LogP contribution in [0.4, 0.5) is 5.69 Å². The molecule has 0 aliphatic rings. The molecule has 4 heteroatoms. The molecule has 2 nitrogen and oxygen atoms in total. The van der Waals surface area contributed by atoms with Gasteiger partial charge in [0.1, 0.15) is 0 Å². The van der Waals surface area contributed by atoms with Gasteiger partial charge < -0.3 is 5.32 Å². The molecule has 2 rings (SSSR count). The molecule has 0 bridgehead atoms. The van der Waals surface area contributed by atoms with Crippen molar-refractivity contribution < 1.29 is 0 Å². The number of nitrogens with one attached hydrogen (secondary N) is 1. The molecular formula is C13H12BrClN2. The fourth-order valence-corrected chi connectivity index (χ4v) is 2.22. The highest BCUT2D eigenvalue weighted by atomic mass is 79.9. The largest absolute Gasteiger partial charge is 0.381 e. The summed E-state index contributed by atoms with van der Waals surface area (Å²) in [6.07, 6.45) is 3.41. The number of nitrogens with zero attached hydrogens (tertiary/aromatic N) is 1. The summed E-state index contributed by atoms with van der Waals surface area (Å²) in [5.74, 6) is 0. The third-order valence-corrected chi connectivity index (χ3v) is 3.35. The number of hydrogen-bond acceptors (Lipinski definition) is 2. The summed E-state index contributed by atoms with van der Waals surface area (Å²) in [4.78, 5) is 3.96. The van der Waals surface area contributed by atoms with Gasteiger partial charge in [0.25, 0.3) is 0 Å². The van der Waals surface area contributed by atoms with E-state index in [1.807, 2.05) is 12.1 Å². The molecule has 2 aromatic rings. The maximum atomic E-state index is 6.05. The Morgan fingerprint density at radius 2 is 2.18 bits per heavy atom. The average molecular weight is 312 g/mol. The molecule has 0 atom stereocenters. The van der Waals surface area contributed by atoms with Crippen LogP contribution in [0.5, 0.6) is 0 Å². The van der Waals surface area contributed by atoms with Crippen molar-refractivity contribution in [2.45, 2.75) is 13.5 Å². The number of rotatable bonds is 3. The van der Waals surface area contributed by atoms with Gasteiger partial charge in [-0.25, -0.2) is 0 Å². The van der Waals surface area contributed by atoms with Gasteiger partial charge in [-0.15, -0.1) is 0 Å². The molecule has 0 amide bonds. The Labute approximate surface area is 114 Å². The average Bonchev–Trinajstić information content (AvgIpc) is 2.30. The lowest BCUT2D eigenvalue weighted by Crippen LogP contribution is -2.01. The first-order chi connectivity index (χ1) is 8.16. The molecule has 1 aromatic carbocycles. The smallest absolute Gasteiger partial charge is 0.0639 e. The van der Waals surface area contributed by atoms with Crippen LogP contribution in [0.2, 0.25) is 5.02 Å². The van der Waals surface area contributed by atoms with E-state index in [1.165, 1.54) is 5.56 Å². The predicted molar refractivity (Wildman–Crippen MR) is 75.5 cm³/mol. The highest BCUT2D eigenvalue weighted by Gasteiger charge is 2.01. The van der Waals surface area contributed by atoms with Crippen LogP contribution in [0.25, 0.3) is 0 Å². The quantitative estimate of drug-likeness (QED) is 0.907. The van der Waals surface area contributed by atoms with Crippen molar-refractivity contribution >= 4 is 33.2 Å². The number of aromatic nitrogens is 1. The third-order valence-electron chi connectivity index (χ3n) is 2.51. The van der Waals surface area contributed by atoms with E-state index in [0.717, 1.165) is 15.7 Å². The van der Waals surface area contributed by atoms with Crippen molar-refractivity contribution in [3.05, 3.63) is 57.3 Å². The highest BCUT2D eigenvalue weighted by Crippen LogP contribution is 2.21. The highest BCUT2D eigenvalue weighted by molar-refractivity contribution is 9.10. The van der Waals surface area contributed by atoms with Crippen molar-refractivity contribution in [3.8, 4) is 0 Å². The fraction of sp³-hybridized carbons (Fsp3) is 0.154. The van der Waals surface area contributed by atoms with Gasteiger partial charge in [0.05, 0.1) is 5.02 Å². The standard InChI is InChI=1S/C13H12BrClN2/c1-9-6-11(14)2-3-13(9)17-7-10-4-5-16-8-12(10)15/h2-6,8,17H,7H2,1H3. The van der Waals surface area contributed by atoms with Crippen molar-refractivity contribution in [2.75, 3.05) is 5.32 Å². The molecule has 0 fully saturated rings. The zero-order chi connectivity index (χ0) is 12.3. The van der Waals surface area contributed by atoms with Gasteiger partial charge in [0, 0.05) is 29.1 Å². The number of hydrogen-bond donors (Lipinski definition) is 1.